The molecule has 2 heterocycles. The van der Waals surface area contributed by atoms with Gasteiger partial charge in [0.15, 0.2) is 0 Å². The van der Waals surface area contributed by atoms with Gasteiger partial charge in [-0.15, -0.1) is 0 Å². The van der Waals surface area contributed by atoms with Gasteiger partial charge in [0.25, 0.3) is 11.1 Å². The molecule has 1 aliphatic heterocycles. The van der Waals surface area contributed by atoms with Crippen molar-refractivity contribution in [2.45, 2.75) is 20.8 Å². The van der Waals surface area contributed by atoms with Gasteiger partial charge >= 0.3 is 0 Å². The van der Waals surface area contributed by atoms with Crippen molar-refractivity contribution < 1.29 is 23.9 Å². The number of aromatic nitrogens is 1. The van der Waals surface area contributed by atoms with Gasteiger partial charge in [0.1, 0.15) is 18.0 Å². The number of nitrogens with one attached hydrogen (secondary N) is 1. The van der Waals surface area contributed by atoms with Gasteiger partial charge in [-0.2, -0.15) is 0 Å². The summed E-state index contributed by atoms with van der Waals surface area (Å²) >= 11 is 0.833. The van der Waals surface area contributed by atoms with Crippen LogP contribution in [0.15, 0.2) is 59.5 Å². The van der Waals surface area contributed by atoms with E-state index in [1.54, 1.807) is 37.5 Å². The number of carbonyl (C=O) groups is 3. The normalized spacial score (nSPS) is 14.4. The molecule has 1 aromatic heterocycles. The lowest BCUT2D eigenvalue weighted by Gasteiger charge is -2.12. The monoisotopic (exact) mass is 505 g/mol. The Bertz CT molecular complexity index is 1330. The molecule has 0 radical (unpaired) electrons. The van der Waals surface area contributed by atoms with E-state index in [-0.39, 0.29) is 11.4 Å². The summed E-state index contributed by atoms with van der Waals surface area (Å²) < 4.78 is 12.7. The maximum absolute atomic E-state index is 13.0. The van der Waals surface area contributed by atoms with E-state index < -0.39 is 17.1 Å². The molecule has 36 heavy (non-hydrogen) atoms. The second-order valence-electron chi connectivity index (χ2n) is 8.13. The van der Waals surface area contributed by atoms with Crippen LogP contribution >= 0.6 is 11.8 Å². The van der Waals surface area contributed by atoms with Crippen molar-refractivity contribution >= 4 is 40.6 Å². The summed E-state index contributed by atoms with van der Waals surface area (Å²) in [5.41, 5.74) is 4.25. The van der Waals surface area contributed by atoms with E-state index in [4.69, 9.17) is 9.47 Å². The Morgan fingerprint density at radius 2 is 1.69 bits per heavy atom. The van der Waals surface area contributed by atoms with E-state index in [1.165, 1.54) is 0 Å². The van der Waals surface area contributed by atoms with Crippen LogP contribution in [0.3, 0.4) is 0 Å². The summed E-state index contributed by atoms with van der Waals surface area (Å²) in [7, 11) is 1.62. The number of methoxy groups -OCH3 is 1. The molecule has 1 saturated heterocycles. The van der Waals surface area contributed by atoms with Crippen molar-refractivity contribution in [3.63, 3.8) is 0 Å². The molecule has 2 aromatic carbocycles. The third-order valence-corrected chi connectivity index (χ3v) is 6.62. The number of ether oxygens (including phenoxy) is 2. The van der Waals surface area contributed by atoms with Crippen molar-refractivity contribution in [3.8, 4) is 17.2 Å². The lowest BCUT2D eigenvalue weighted by Crippen LogP contribution is -2.36. The minimum Gasteiger partial charge on any atom is -0.497 e. The molecule has 3 amide bonds. The van der Waals surface area contributed by atoms with Crippen LogP contribution in [0, 0.1) is 13.8 Å². The van der Waals surface area contributed by atoms with E-state index in [2.05, 4.69) is 9.88 Å². The fourth-order valence-electron chi connectivity index (χ4n) is 3.99. The quantitative estimate of drug-likeness (QED) is 0.425. The number of thioether (sulfide) groups is 1. The van der Waals surface area contributed by atoms with Crippen LogP contribution in [0.2, 0.25) is 0 Å². The first-order valence-corrected chi connectivity index (χ1v) is 12.2. The van der Waals surface area contributed by atoms with Crippen LogP contribution in [0.4, 0.5) is 10.5 Å². The number of rotatable bonds is 8. The standard InChI is InChI=1S/C27H27N3O5S/c1-5-35-23-10-6-20(7-11-23)28-25(31)16-29-26(32)24(36-27(29)33)15-19-14-17(2)30(18(19)3)21-8-12-22(34-4)13-9-21/h6-15H,5,16H2,1-4H3,(H,28,31)/b24-15+. The zero-order valence-electron chi connectivity index (χ0n) is 20.5. The first-order chi connectivity index (χ1) is 17.3. The van der Waals surface area contributed by atoms with Crippen molar-refractivity contribution in [1.82, 2.24) is 9.47 Å². The topological polar surface area (TPSA) is 89.9 Å². The van der Waals surface area contributed by atoms with Crippen molar-refractivity contribution in [1.29, 1.82) is 0 Å². The van der Waals surface area contributed by atoms with Crippen molar-refractivity contribution in [2.75, 3.05) is 25.6 Å². The number of imide groups is 1. The molecule has 0 atom stereocenters. The highest BCUT2D eigenvalue weighted by atomic mass is 32.2. The summed E-state index contributed by atoms with van der Waals surface area (Å²) in [6.45, 7) is 6.01. The summed E-state index contributed by atoms with van der Waals surface area (Å²) in [6.07, 6.45) is 1.71. The summed E-state index contributed by atoms with van der Waals surface area (Å²) in [5.74, 6) is 0.515. The van der Waals surface area contributed by atoms with Crippen LogP contribution in [0.5, 0.6) is 11.5 Å². The molecule has 0 bridgehead atoms. The molecule has 8 nitrogen and oxygen atoms in total. The van der Waals surface area contributed by atoms with E-state index in [0.717, 1.165) is 45.1 Å². The van der Waals surface area contributed by atoms with Gasteiger partial charge in [0.05, 0.1) is 18.6 Å². The Labute approximate surface area is 213 Å². The number of hydrogen-bond acceptors (Lipinski definition) is 6. The molecule has 0 aliphatic carbocycles. The van der Waals surface area contributed by atoms with Crippen LogP contribution in [0.25, 0.3) is 11.8 Å². The number of benzene rings is 2. The molecule has 0 saturated carbocycles. The van der Waals surface area contributed by atoms with Crippen LogP contribution in [-0.2, 0) is 9.59 Å². The second kappa shape index (κ2) is 10.7. The van der Waals surface area contributed by atoms with E-state index >= 15 is 0 Å². The molecule has 1 aliphatic rings. The number of amides is 3. The number of anilines is 1. The van der Waals surface area contributed by atoms with Gasteiger partial charge < -0.3 is 19.4 Å². The lowest BCUT2D eigenvalue weighted by atomic mass is 10.2. The lowest BCUT2D eigenvalue weighted by molar-refractivity contribution is -0.127. The number of nitrogens with zero attached hydrogens (tertiary/aromatic N) is 2. The molecule has 9 heteroatoms. The Kier molecular flexibility index (Phi) is 7.49. The highest BCUT2D eigenvalue weighted by Crippen LogP contribution is 2.34. The minimum atomic E-state index is -0.485. The predicted molar refractivity (Wildman–Crippen MR) is 141 cm³/mol. The third-order valence-electron chi connectivity index (χ3n) is 5.71. The van der Waals surface area contributed by atoms with Gasteiger partial charge in [-0.1, -0.05) is 0 Å². The predicted octanol–water partition coefficient (Wildman–Crippen LogP) is 5.18. The molecule has 1 N–H and O–H groups in total. The third kappa shape index (κ3) is 5.31. The van der Waals surface area contributed by atoms with Crippen LogP contribution in [-0.4, -0.2) is 46.8 Å². The first kappa shape index (κ1) is 25.1. The maximum atomic E-state index is 13.0. The summed E-state index contributed by atoms with van der Waals surface area (Å²) in [6, 6.07) is 16.5. The fraction of sp³-hybridized carbons (Fsp3) is 0.222. The molecule has 186 valence electrons. The van der Waals surface area contributed by atoms with Gasteiger partial charge in [-0.3, -0.25) is 19.3 Å². The Morgan fingerprint density at radius 3 is 2.33 bits per heavy atom. The average molecular weight is 506 g/mol. The fourth-order valence-corrected chi connectivity index (χ4v) is 4.81. The number of aryl methyl sites for hydroxylation is 1. The second-order valence-corrected chi connectivity index (χ2v) is 9.13. The zero-order chi connectivity index (χ0) is 25.8. The average Bonchev–Trinajstić information content (AvgIpc) is 3.29. The SMILES string of the molecule is CCOc1ccc(NC(=O)CN2C(=O)S/C(=C/c3cc(C)n(-c4ccc(OC)cc4)c3C)C2=O)cc1. The van der Waals surface area contributed by atoms with Gasteiger partial charge in [0.2, 0.25) is 5.91 Å². The summed E-state index contributed by atoms with van der Waals surface area (Å²) in [4.78, 5) is 39.3. The molecular weight excluding hydrogens is 478 g/mol. The number of hydrogen-bond donors (Lipinski definition) is 1. The highest BCUT2D eigenvalue weighted by molar-refractivity contribution is 8.18. The van der Waals surface area contributed by atoms with Crippen molar-refractivity contribution in [3.05, 3.63) is 76.5 Å². The summed E-state index contributed by atoms with van der Waals surface area (Å²) in [5, 5.41) is 2.23. The first-order valence-electron chi connectivity index (χ1n) is 11.4. The minimum absolute atomic E-state index is 0.281. The van der Waals surface area contributed by atoms with E-state index in [0.29, 0.717) is 18.0 Å². The Morgan fingerprint density at radius 1 is 1.03 bits per heavy atom. The van der Waals surface area contributed by atoms with Gasteiger partial charge in [0, 0.05) is 22.8 Å². The van der Waals surface area contributed by atoms with E-state index in [9.17, 15) is 14.4 Å². The molecule has 0 unspecified atom stereocenters. The highest BCUT2D eigenvalue weighted by Gasteiger charge is 2.36. The van der Waals surface area contributed by atoms with Gasteiger partial charge in [-0.25, -0.2) is 0 Å². The molecule has 1 fully saturated rings. The Hall–Kier alpha value is -3.98. The largest absolute Gasteiger partial charge is 0.497 e. The molecule has 0 spiro atoms. The number of carbonyl (C=O) groups excluding carboxylic acids is 3. The van der Waals surface area contributed by atoms with Crippen LogP contribution < -0.4 is 14.8 Å². The Balaban J connectivity index is 1.47. The molecular formula is C27H27N3O5S. The van der Waals surface area contributed by atoms with Crippen LogP contribution in [0.1, 0.15) is 23.9 Å². The smallest absolute Gasteiger partial charge is 0.294 e. The van der Waals surface area contributed by atoms with Gasteiger partial charge in [-0.05, 0) is 98.8 Å². The molecule has 3 aromatic rings. The molecule has 4 rings (SSSR count). The van der Waals surface area contributed by atoms with E-state index in [1.807, 2.05) is 51.1 Å². The van der Waals surface area contributed by atoms with Crippen molar-refractivity contribution in [2.24, 2.45) is 0 Å². The zero-order valence-corrected chi connectivity index (χ0v) is 21.3. The maximum Gasteiger partial charge on any atom is 0.294 e.